The molecule has 0 spiro atoms. The molecule has 466 valence electrons. The van der Waals surface area contributed by atoms with Crippen LogP contribution < -0.4 is 59.3 Å². The number of phenolic OH excluding ortho intramolecular Hbond substituents is 2. The number of aliphatic hydroxyl groups is 3. The lowest BCUT2D eigenvalue weighted by atomic mass is 10.0. The maximum Gasteiger partial charge on any atom is 0.326 e. The number of hydrogen-bond donors (Lipinski definition) is 18. The Labute approximate surface area is 497 Å². The molecule has 4 rings (SSSR count). The summed E-state index contributed by atoms with van der Waals surface area (Å²) in [4.78, 5) is 155. The molecule has 11 atom stereocenters. The summed E-state index contributed by atoms with van der Waals surface area (Å²) in [5.41, 5.74) is 12.6. The molecule has 0 aliphatic carbocycles. The van der Waals surface area contributed by atoms with Crippen molar-refractivity contribution in [3.63, 3.8) is 0 Å². The van der Waals surface area contributed by atoms with E-state index in [1.807, 2.05) is 0 Å². The topological polar surface area (TPSA) is 498 Å². The molecule has 1 aromatic heterocycles. The molecule has 10 amide bonds. The van der Waals surface area contributed by atoms with Crippen LogP contribution in [0.3, 0.4) is 0 Å². The first-order valence-corrected chi connectivity index (χ1v) is 28.2. The van der Waals surface area contributed by atoms with Crippen molar-refractivity contribution in [1.82, 2.24) is 57.8 Å². The maximum atomic E-state index is 14.2. The Morgan fingerprint density at radius 2 is 0.942 bits per heavy atom. The summed E-state index contributed by atoms with van der Waals surface area (Å²) in [6.07, 6.45) is -0.996. The number of aromatic nitrogens is 2. The number of aromatic amines is 1. The molecular formula is C55H73N13O17S. The Hall–Kier alpha value is -9.17. The molecule has 4 aromatic rings. The Bertz CT molecular complexity index is 2940. The van der Waals surface area contributed by atoms with Gasteiger partial charge in [-0.25, -0.2) is 9.78 Å². The van der Waals surface area contributed by atoms with E-state index in [9.17, 15) is 83.4 Å². The Balaban J connectivity index is 1.56. The Kier molecular flexibility index (Phi) is 27.9. The van der Waals surface area contributed by atoms with Crippen molar-refractivity contribution in [3.05, 3.63) is 114 Å². The highest BCUT2D eigenvalue weighted by molar-refractivity contribution is 7.98. The molecule has 0 saturated carbocycles. The molecule has 20 N–H and O–H groups in total. The summed E-state index contributed by atoms with van der Waals surface area (Å²) in [7, 11) is 0. The standard InChI is InChI=1S/C55H73N13O17S/c1-28(70)45(67-50(79)37(60-44(75)24-56)20-31-9-13-34(72)14-10-31)53(82)64-39(19-30-7-5-4-6-8-30)51(80)68-46(29(2)71)54(83)66-42(26-69)52(81)62-38(21-32-11-15-35(73)16-12-32)48(77)63-40(23-43(57)74)49(78)61-36(17-18-86-3)47(76)65-41(55(84)85)22-33-25-58-27-59-33/h4-16,25,27-29,36-42,45-46,69-73H,17-24,26,56H2,1-3H3,(H2,57,74)(H,58,59)(H,60,75)(H,61,78)(H,62,81)(H,63,77)(H,64,82)(H,65,76)(H,66,83)(H,67,79)(H,68,80)(H,84,85)/t28-,29-,36+,37+,38+,39+,40+,41+,42+,45+,46+/m1/s1. The van der Waals surface area contributed by atoms with Gasteiger partial charge in [0.15, 0.2) is 0 Å². The van der Waals surface area contributed by atoms with Crippen LogP contribution >= 0.6 is 11.8 Å². The number of amides is 10. The van der Waals surface area contributed by atoms with Crippen LogP contribution in [0.5, 0.6) is 11.5 Å². The average molecular weight is 1220 g/mol. The lowest BCUT2D eigenvalue weighted by molar-refractivity contribution is -0.142. The van der Waals surface area contributed by atoms with Crippen molar-refractivity contribution in [2.75, 3.05) is 25.2 Å². The predicted molar refractivity (Wildman–Crippen MR) is 307 cm³/mol. The van der Waals surface area contributed by atoms with E-state index in [0.717, 1.165) is 13.8 Å². The Morgan fingerprint density at radius 1 is 0.535 bits per heavy atom. The van der Waals surface area contributed by atoms with E-state index < -0.39 is 158 Å². The minimum absolute atomic E-state index is 0.0538. The van der Waals surface area contributed by atoms with Crippen molar-refractivity contribution in [1.29, 1.82) is 0 Å². The number of nitrogens with zero attached hydrogens (tertiary/aromatic N) is 1. The second kappa shape index (κ2) is 34.6. The summed E-state index contributed by atoms with van der Waals surface area (Å²) in [5, 5.41) is 83.1. The number of benzene rings is 3. The normalized spacial score (nSPS) is 14.9. The maximum absolute atomic E-state index is 14.2. The molecule has 0 unspecified atom stereocenters. The zero-order chi connectivity index (χ0) is 63.6. The van der Waals surface area contributed by atoms with Crippen molar-refractivity contribution < 1.29 is 83.4 Å². The van der Waals surface area contributed by atoms with Gasteiger partial charge in [0, 0.05) is 37.6 Å². The molecule has 30 nitrogen and oxygen atoms in total. The lowest BCUT2D eigenvalue weighted by Gasteiger charge is -2.29. The number of phenols is 2. The van der Waals surface area contributed by atoms with Crippen LogP contribution in [0.4, 0.5) is 0 Å². The number of thioether (sulfide) groups is 1. The molecular weight excluding hydrogens is 1150 g/mol. The van der Waals surface area contributed by atoms with E-state index in [1.165, 1.54) is 72.8 Å². The minimum Gasteiger partial charge on any atom is -0.508 e. The Morgan fingerprint density at radius 3 is 1.38 bits per heavy atom. The van der Waals surface area contributed by atoms with Crippen molar-refractivity contribution >= 4 is 76.8 Å². The van der Waals surface area contributed by atoms with Gasteiger partial charge in [-0.15, -0.1) is 0 Å². The highest BCUT2D eigenvalue weighted by Gasteiger charge is 2.38. The SMILES string of the molecule is CSCC[C@H](NC(=O)[C@H](CC(N)=O)NC(=O)[C@H](Cc1ccc(O)cc1)NC(=O)[C@H](CO)NC(=O)[C@@H](NC(=O)[C@H](Cc1ccccc1)NC(=O)[C@@H](NC(=O)[C@H](Cc1ccc(O)cc1)NC(=O)CN)[C@@H](C)O)[C@@H](C)O)C(=O)N[C@@H](Cc1cnc[nH]1)C(=O)O. The highest BCUT2D eigenvalue weighted by Crippen LogP contribution is 2.15. The molecule has 0 saturated heterocycles. The number of hydrogen-bond acceptors (Lipinski definition) is 19. The number of aromatic hydroxyl groups is 2. The van der Waals surface area contributed by atoms with Crippen LogP contribution in [-0.4, -0.2) is 197 Å². The minimum atomic E-state index is -1.96. The van der Waals surface area contributed by atoms with E-state index >= 15 is 0 Å². The van der Waals surface area contributed by atoms with Gasteiger partial charge in [-0.2, -0.15) is 11.8 Å². The number of nitrogens with one attached hydrogen (secondary N) is 10. The third-order valence-corrected chi connectivity index (χ3v) is 13.6. The first-order valence-electron chi connectivity index (χ1n) is 26.8. The van der Waals surface area contributed by atoms with Gasteiger partial charge in [0.05, 0.1) is 38.1 Å². The lowest BCUT2D eigenvalue weighted by Crippen LogP contribution is -2.63. The predicted octanol–water partition coefficient (Wildman–Crippen LogP) is -5.12. The first kappa shape index (κ1) is 69.3. The van der Waals surface area contributed by atoms with Gasteiger partial charge >= 0.3 is 5.97 Å². The summed E-state index contributed by atoms with van der Waals surface area (Å²) >= 11 is 1.28. The van der Waals surface area contributed by atoms with Gasteiger partial charge < -0.3 is 94.9 Å². The monoisotopic (exact) mass is 1220 g/mol. The summed E-state index contributed by atoms with van der Waals surface area (Å²) in [6.45, 7) is 0.565. The van der Waals surface area contributed by atoms with Gasteiger partial charge in [-0.1, -0.05) is 54.6 Å². The van der Waals surface area contributed by atoms with Crippen molar-refractivity contribution in [2.45, 2.75) is 119 Å². The smallest absolute Gasteiger partial charge is 0.326 e. The number of aliphatic carboxylic acids is 1. The zero-order valence-corrected chi connectivity index (χ0v) is 47.9. The molecule has 0 bridgehead atoms. The van der Waals surface area contributed by atoms with Crippen LogP contribution in [0.1, 0.15) is 49.1 Å². The second-order valence-corrected chi connectivity index (χ2v) is 20.8. The number of carboxylic acids is 1. The molecule has 31 heteroatoms. The average Bonchev–Trinajstić information content (AvgIpc) is 3.14. The van der Waals surface area contributed by atoms with Crippen LogP contribution in [0.15, 0.2) is 91.4 Å². The fourth-order valence-electron chi connectivity index (χ4n) is 8.32. The molecule has 86 heavy (non-hydrogen) atoms. The molecule has 3 aromatic carbocycles. The number of aliphatic hydroxyl groups excluding tert-OH is 3. The van der Waals surface area contributed by atoms with Crippen molar-refractivity contribution in [3.8, 4) is 11.5 Å². The van der Waals surface area contributed by atoms with Crippen molar-refractivity contribution in [2.24, 2.45) is 11.5 Å². The number of carboxylic acid groups (broad SMARTS) is 1. The fourth-order valence-corrected chi connectivity index (χ4v) is 8.79. The summed E-state index contributed by atoms with van der Waals surface area (Å²) < 4.78 is 0. The first-order chi connectivity index (χ1) is 40.8. The number of imidazole rings is 1. The van der Waals surface area contributed by atoms with E-state index in [0.29, 0.717) is 22.4 Å². The number of rotatable bonds is 35. The van der Waals surface area contributed by atoms with E-state index in [4.69, 9.17) is 11.5 Å². The van der Waals surface area contributed by atoms with E-state index in [1.54, 1.807) is 36.6 Å². The number of nitrogens with two attached hydrogens (primary N) is 2. The van der Waals surface area contributed by atoms with Crippen LogP contribution in [0, 0.1) is 0 Å². The zero-order valence-electron chi connectivity index (χ0n) is 47.1. The quantitative estimate of drug-likeness (QED) is 0.0205. The van der Waals surface area contributed by atoms with E-state index in [2.05, 4.69) is 57.8 Å². The second-order valence-electron chi connectivity index (χ2n) is 19.8. The van der Waals surface area contributed by atoms with E-state index in [-0.39, 0.29) is 42.9 Å². The molecule has 0 aliphatic rings. The molecule has 0 radical (unpaired) electrons. The summed E-state index contributed by atoms with van der Waals surface area (Å²) in [6, 6.07) is 3.88. The van der Waals surface area contributed by atoms with Gasteiger partial charge in [-0.3, -0.25) is 47.9 Å². The molecule has 0 aliphatic heterocycles. The number of H-pyrrole nitrogens is 1. The third-order valence-electron chi connectivity index (χ3n) is 13.0. The number of carbonyl (C=O) groups is 11. The summed E-state index contributed by atoms with van der Waals surface area (Å²) in [5.74, 6) is -12.2. The number of primary amides is 1. The molecule has 0 fully saturated rings. The molecule has 1 heterocycles. The van der Waals surface area contributed by atoms with Gasteiger partial charge in [-0.05, 0) is 73.2 Å². The van der Waals surface area contributed by atoms with Gasteiger partial charge in [0.2, 0.25) is 59.1 Å². The largest absolute Gasteiger partial charge is 0.508 e. The van der Waals surface area contributed by atoms with Crippen LogP contribution in [0.25, 0.3) is 0 Å². The van der Waals surface area contributed by atoms with Gasteiger partial charge in [0.1, 0.15) is 65.9 Å². The highest BCUT2D eigenvalue weighted by atomic mass is 32.2. The number of carbonyl (C=O) groups excluding carboxylic acids is 10. The third kappa shape index (κ3) is 22.8. The fraction of sp³-hybridized carbons (Fsp3) is 0.418. The van der Waals surface area contributed by atoms with Crippen LogP contribution in [0.2, 0.25) is 0 Å². The van der Waals surface area contributed by atoms with Crippen LogP contribution in [-0.2, 0) is 78.4 Å². The van der Waals surface area contributed by atoms with Gasteiger partial charge in [0.25, 0.3) is 0 Å².